The summed E-state index contributed by atoms with van der Waals surface area (Å²) >= 11 is 0. The molecule has 2 N–H and O–H groups in total. The maximum atomic E-state index is 5.77. The van der Waals surface area contributed by atoms with E-state index in [4.69, 9.17) is 4.74 Å². The van der Waals surface area contributed by atoms with Gasteiger partial charge in [-0.3, -0.25) is 4.57 Å². The molecule has 2 aromatic heterocycles. The molecule has 0 unspecified atom stereocenters. The number of hydrogen-bond acceptors (Lipinski definition) is 4. The van der Waals surface area contributed by atoms with Crippen LogP contribution in [0.5, 0.6) is 5.75 Å². The quantitative estimate of drug-likeness (QED) is 0.268. The number of aryl methyl sites for hydroxylation is 1. The summed E-state index contributed by atoms with van der Waals surface area (Å²) in [6, 6.07) is 10.3. The van der Waals surface area contributed by atoms with Gasteiger partial charge in [0.2, 0.25) is 0 Å². The number of pyridine rings is 1. The van der Waals surface area contributed by atoms with Gasteiger partial charge >= 0.3 is 0 Å². The first-order valence-corrected chi connectivity index (χ1v) is 9.87. The van der Waals surface area contributed by atoms with Crippen molar-refractivity contribution >= 4 is 29.9 Å². The maximum Gasteiger partial charge on any atom is 0.191 e. The van der Waals surface area contributed by atoms with Gasteiger partial charge in [0.25, 0.3) is 0 Å². The molecule has 160 valence electrons. The lowest BCUT2D eigenvalue weighted by atomic mass is 10.1. The van der Waals surface area contributed by atoms with Gasteiger partial charge in [0.1, 0.15) is 17.9 Å². The summed E-state index contributed by atoms with van der Waals surface area (Å²) in [4.78, 5) is 13.2. The molecule has 3 rings (SSSR count). The minimum Gasteiger partial charge on any atom is -0.494 e. The largest absolute Gasteiger partial charge is 0.494 e. The third-order valence-electron chi connectivity index (χ3n) is 4.31. The lowest BCUT2D eigenvalue weighted by Gasteiger charge is -2.15. The number of benzene rings is 1. The minimum absolute atomic E-state index is 0. The number of halogens is 1. The van der Waals surface area contributed by atoms with Crippen LogP contribution in [-0.2, 0) is 13.1 Å². The van der Waals surface area contributed by atoms with Crippen molar-refractivity contribution < 1.29 is 4.74 Å². The molecule has 0 radical (unpaired) electrons. The van der Waals surface area contributed by atoms with E-state index in [0.29, 0.717) is 19.7 Å². The minimum atomic E-state index is 0. The normalized spacial score (nSPS) is 11.0. The van der Waals surface area contributed by atoms with Crippen LogP contribution in [0.1, 0.15) is 30.5 Å². The average Bonchev–Trinajstić information content (AvgIpc) is 3.27. The summed E-state index contributed by atoms with van der Waals surface area (Å²) in [7, 11) is 0. The monoisotopic (exact) mass is 520 g/mol. The number of rotatable bonds is 8. The standard InChI is InChI=1S/C22H28N6O.HI/c1-4-24-22(27-15-19-8-6-17(3)12-20(19)29-5-2)26-14-18-7-9-21(25-13-18)28-11-10-23-16-28;/h6-13,16H,4-5,14-15H2,1-3H3,(H2,24,26,27);1H. The predicted molar refractivity (Wildman–Crippen MR) is 131 cm³/mol. The molecular formula is C22H29IN6O. The Balaban J connectivity index is 0.00000320. The Morgan fingerprint density at radius 1 is 1.17 bits per heavy atom. The number of nitrogens with one attached hydrogen (secondary N) is 2. The number of imidazole rings is 1. The van der Waals surface area contributed by atoms with Crippen molar-refractivity contribution in [3.63, 3.8) is 0 Å². The van der Waals surface area contributed by atoms with Gasteiger partial charge in [-0.05, 0) is 44.0 Å². The molecule has 0 amide bonds. The highest BCUT2D eigenvalue weighted by Crippen LogP contribution is 2.20. The molecular weight excluding hydrogens is 491 g/mol. The van der Waals surface area contributed by atoms with Gasteiger partial charge in [-0.25, -0.2) is 15.0 Å². The molecule has 0 aliphatic rings. The molecule has 3 aromatic rings. The zero-order valence-electron chi connectivity index (χ0n) is 17.6. The van der Waals surface area contributed by atoms with Crippen LogP contribution in [0.25, 0.3) is 5.82 Å². The van der Waals surface area contributed by atoms with Gasteiger partial charge in [0, 0.05) is 37.2 Å². The van der Waals surface area contributed by atoms with Crippen LogP contribution in [0.15, 0.2) is 60.2 Å². The van der Waals surface area contributed by atoms with Gasteiger partial charge in [0.15, 0.2) is 5.96 Å². The molecule has 0 aliphatic heterocycles. The SMILES string of the molecule is CCNC(=NCc1ccc(-n2ccnc2)nc1)NCc1ccc(C)cc1OCC.I. The van der Waals surface area contributed by atoms with E-state index in [2.05, 4.69) is 57.6 Å². The highest BCUT2D eigenvalue weighted by Gasteiger charge is 2.06. The second-order valence-electron chi connectivity index (χ2n) is 6.59. The van der Waals surface area contributed by atoms with Crippen molar-refractivity contribution in [2.45, 2.75) is 33.9 Å². The summed E-state index contributed by atoms with van der Waals surface area (Å²) in [5.74, 6) is 2.51. The van der Waals surface area contributed by atoms with Crippen molar-refractivity contribution in [2.24, 2.45) is 4.99 Å². The van der Waals surface area contributed by atoms with Crippen molar-refractivity contribution in [2.75, 3.05) is 13.2 Å². The fourth-order valence-electron chi connectivity index (χ4n) is 2.85. The van der Waals surface area contributed by atoms with Crippen molar-refractivity contribution in [3.05, 3.63) is 71.9 Å². The molecule has 7 nitrogen and oxygen atoms in total. The topological polar surface area (TPSA) is 76.4 Å². The first kappa shape index (κ1) is 23.7. The third-order valence-corrected chi connectivity index (χ3v) is 4.31. The number of hydrogen-bond donors (Lipinski definition) is 2. The van der Waals surface area contributed by atoms with E-state index >= 15 is 0 Å². The Hall–Kier alpha value is -2.62. The van der Waals surface area contributed by atoms with E-state index in [-0.39, 0.29) is 24.0 Å². The van der Waals surface area contributed by atoms with Gasteiger partial charge in [0.05, 0.1) is 13.2 Å². The Bertz CT molecular complexity index is 925. The average molecular weight is 520 g/mol. The Labute approximate surface area is 195 Å². The third kappa shape index (κ3) is 6.72. The summed E-state index contributed by atoms with van der Waals surface area (Å²) in [6.45, 7) is 8.73. The molecule has 0 bridgehead atoms. The van der Waals surface area contributed by atoms with E-state index in [1.54, 1.807) is 12.5 Å². The smallest absolute Gasteiger partial charge is 0.191 e. The zero-order chi connectivity index (χ0) is 20.5. The van der Waals surface area contributed by atoms with Crippen LogP contribution < -0.4 is 15.4 Å². The zero-order valence-corrected chi connectivity index (χ0v) is 20.0. The summed E-state index contributed by atoms with van der Waals surface area (Å²) in [5, 5.41) is 6.67. The van der Waals surface area contributed by atoms with Crippen molar-refractivity contribution in [1.82, 2.24) is 25.2 Å². The van der Waals surface area contributed by atoms with Crippen molar-refractivity contribution in [1.29, 1.82) is 0 Å². The fraction of sp³-hybridized carbons (Fsp3) is 0.318. The summed E-state index contributed by atoms with van der Waals surface area (Å²) in [6.07, 6.45) is 7.18. The van der Waals surface area contributed by atoms with Gasteiger partial charge in [-0.15, -0.1) is 24.0 Å². The van der Waals surface area contributed by atoms with Crippen LogP contribution in [0, 0.1) is 6.92 Å². The van der Waals surface area contributed by atoms with E-state index in [1.165, 1.54) is 5.56 Å². The van der Waals surface area contributed by atoms with Gasteiger partial charge in [-0.2, -0.15) is 0 Å². The first-order valence-electron chi connectivity index (χ1n) is 9.87. The van der Waals surface area contributed by atoms with Crippen LogP contribution in [0.2, 0.25) is 0 Å². The summed E-state index contributed by atoms with van der Waals surface area (Å²) < 4.78 is 7.64. The highest BCUT2D eigenvalue weighted by molar-refractivity contribution is 14.0. The maximum absolute atomic E-state index is 5.77. The Morgan fingerprint density at radius 3 is 2.70 bits per heavy atom. The number of aliphatic imine (C=N–C) groups is 1. The number of ether oxygens (including phenoxy) is 1. The number of nitrogens with zero attached hydrogens (tertiary/aromatic N) is 4. The molecule has 0 saturated heterocycles. The summed E-state index contributed by atoms with van der Waals surface area (Å²) in [5.41, 5.74) is 3.33. The molecule has 0 fully saturated rings. The number of aromatic nitrogens is 3. The van der Waals surface area contributed by atoms with E-state index in [9.17, 15) is 0 Å². The molecule has 30 heavy (non-hydrogen) atoms. The number of guanidine groups is 1. The van der Waals surface area contributed by atoms with Crippen LogP contribution >= 0.6 is 24.0 Å². The van der Waals surface area contributed by atoms with Crippen LogP contribution in [0.4, 0.5) is 0 Å². The van der Waals surface area contributed by atoms with Gasteiger partial charge < -0.3 is 15.4 Å². The lowest BCUT2D eigenvalue weighted by molar-refractivity contribution is 0.336. The molecule has 8 heteroatoms. The second kappa shape index (κ2) is 12.2. The molecule has 0 spiro atoms. The van der Waals surface area contributed by atoms with Crippen LogP contribution in [-0.4, -0.2) is 33.6 Å². The first-order chi connectivity index (χ1) is 14.2. The Kier molecular flexibility index (Phi) is 9.59. The van der Waals surface area contributed by atoms with E-state index in [0.717, 1.165) is 35.2 Å². The molecule has 0 atom stereocenters. The van der Waals surface area contributed by atoms with E-state index in [1.807, 2.05) is 36.0 Å². The van der Waals surface area contributed by atoms with E-state index < -0.39 is 0 Å². The fourth-order valence-corrected chi connectivity index (χ4v) is 2.85. The Morgan fingerprint density at radius 2 is 2.03 bits per heavy atom. The highest BCUT2D eigenvalue weighted by atomic mass is 127. The molecule has 0 aliphatic carbocycles. The second-order valence-corrected chi connectivity index (χ2v) is 6.59. The lowest BCUT2D eigenvalue weighted by Crippen LogP contribution is -2.36. The molecule has 1 aromatic carbocycles. The predicted octanol–water partition coefficient (Wildman–Crippen LogP) is 3.85. The van der Waals surface area contributed by atoms with Gasteiger partial charge in [-0.1, -0.05) is 18.2 Å². The van der Waals surface area contributed by atoms with Crippen molar-refractivity contribution in [3.8, 4) is 11.6 Å². The van der Waals surface area contributed by atoms with Crippen LogP contribution in [0.3, 0.4) is 0 Å². The molecule has 2 heterocycles. The molecule has 0 saturated carbocycles.